The summed E-state index contributed by atoms with van der Waals surface area (Å²) in [6, 6.07) is 0.711. The zero-order valence-electron chi connectivity index (χ0n) is 10.4. The highest BCUT2D eigenvalue weighted by molar-refractivity contribution is 4.84. The van der Waals surface area contributed by atoms with E-state index in [0.717, 1.165) is 25.3 Å². The summed E-state index contributed by atoms with van der Waals surface area (Å²) in [6.45, 7) is 5.39. The first-order valence-corrected chi connectivity index (χ1v) is 6.06. The van der Waals surface area contributed by atoms with Crippen molar-refractivity contribution in [1.82, 2.24) is 4.90 Å². The molecule has 2 unspecified atom stereocenters. The van der Waals surface area contributed by atoms with Crippen LogP contribution in [0.15, 0.2) is 0 Å². The van der Waals surface area contributed by atoms with Gasteiger partial charge in [0.15, 0.2) is 0 Å². The zero-order valence-corrected chi connectivity index (χ0v) is 10.4. The average Bonchev–Trinajstić information content (AvgIpc) is 2.99. The average molecular weight is 214 g/mol. The molecule has 3 nitrogen and oxygen atoms in total. The van der Waals surface area contributed by atoms with Crippen molar-refractivity contribution >= 4 is 0 Å². The summed E-state index contributed by atoms with van der Waals surface area (Å²) in [7, 11) is 2.19. The summed E-state index contributed by atoms with van der Waals surface area (Å²) in [5.74, 6) is 0.928. The van der Waals surface area contributed by atoms with Crippen molar-refractivity contribution in [2.75, 3.05) is 20.2 Å². The fraction of sp³-hybridized carbons (Fsp3) is 1.00. The van der Waals surface area contributed by atoms with Gasteiger partial charge in [0.1, 0.15) is 0 Å². The van der Waals surface area contributed by atoms with Crippen LogP contribution in [0.3, 0.4) is 0 Å². The molecule has 1 aliphatic carbocycles. The van der Waals surface area contributed by atoms with E-state index >= 15 is 0 Å². The lowest BCUT2D eigenvalue weighted by atomic mass is 9.98. The van der Waals surface area contributed by atoms with Crippen molar-refractivity contribution in [2.24, 2.45) is 11.7 Å². The molecule has 1 aliphatic rings. The van der Waals surface area contributed by atoms with E-state index in [1.54, 1.807) is 0 Å². The van der Waals surface area contributed by atoms with Crippen LogP contribution < -0.4 is 5.73 Å². The van der Waals surface area contributed by atoms with Crippen LogP contribution in [0.5, 0.6) is 0 Å². The number of aliphatic hydroxyl groups excluding tert-OH is 1. The predicted molar refractivity (Wildman–Crippen MR) is 63.7 cm³/mol. The first-order valence-electron chi connectivity index (χ1n) is 6.06. The Bertz CT molecular complexity index is 190. The summed E-state index contributed by atoms with van der Waals surface area (Å²) in [5.41, 5.74) is 5.48. The van der Waals surface area contributed by atoms with Crippen LogP contribution in [-0.4, -0.2) is 41.8 Å². The van der Waals surface area contributed by atoms with Crippen molar-refractivity contribution in [3.63, 3.8) is 0 Å². The Balaban J connectivity index is 2.13. The predicted octanol–water partition coefficient (Wildman–Crippen LogP) is 1.21. The summed E-state index contributed by atoms with van der Waals surface area (Å²) in [6.07, 6.45) is 4.76. The third-order valence-corrected chi connectivity index (χ3v) is 3.62. The molecule has 0 aromatic heterocycles. The highest BCUT2D eigenvalue weighted by Gasteiger charge is 2.30. The van der Waals surface area contributed by atoms with E-state index in [1.165, 1.54) is 12.8 Å². The van der Waals surface area contributed by atoms with Gasteiger partial charge in [-0.1, -0.05) is 0 Å². The van der Waals surface area contributed by atoms with Crippen LogP contribution in [0, 0.1) is 5.92 Å². The Kier molecular flexibility index (Phi) is 4.56. The van der Waals surface area contributed by atoms with Crippen LogP contribution in [0.4, 0.5) is 0 Å². The number of hydrogen-bond acceptors (Lipinski definition) is 3. The molecule has 0 radical (unpaired) electrons. The van der Waals surface area contributed by atoms with Gasteiger partial charge in [-0.2, -0.15) is 0 Å². The minimum Gasteiger partial charge on any atom is -0.394 e. The molecule has 0 heterocycles. The molecule has 15 heavy (non-hydrogen) atoms. The van der Waals surface area contributed by atoms with Crippen LogP contribution in [0.2, 0.25) is 0 Å². The van der Waals surface area contributed by atoms with Crippen molar-refractivity contribution in [3.05, 3.63) is 0 Å². The smallest absolute Gasteiger partial charge is 0.0608 e. The maximum absolute atomic E-state index is 9.03. The summed E-state index contributed by atoms with van der Waals surface area (Å²) in [5, 5.41) is 9.03. The van der Waals surface area contributed by atoms with Crippen LogP contribution >= 0.6 is 0 Å². The van der Waals surface area contributed by atoms with Gasteiger partial charge in [0.05, 0.1) is 6.61 Å². The molecule has 1 saturated carbocycles. The molecule has 0 saturated heterocycles. The Labute approximate surface area is 93.6 Å². The molecule has 0 aliphatic heterocycles. The third-order valence-electron chi connectivity index (χ3n) is 3.62. The Morgan fingerprint density at radius 2 is 2.13 bits per heavy atom. The maximum atomic E-state index is 9.03. The molecule has 0 bridgehead atoms. The number of rotatable bonds is 7. The van der Waals surface area contributed by atoms with Gasteiger partial charge in [0.2, 0.25) is 0 Å². The number of nitrogens with two attached hydrogens (primary N) is 1. The third kappa shape index (κ3) is 4.49. The van der Waals surface area contributed by atoms with Gasteiger partial charge < -0.3 is 15.7 Å². The second kappa shape index (κ2) is 5.28. The molecule has 1 rings (SSSR count). The molecule has 0 aromatic carbocycles. The molecule has 3 heteroatoms. The zero-order chi connectivity index (χ0) is 11.5. The van der Waals surface area contributed by atoms with Crippen molar-refractivity contribution in [3.8, 4) is 0 Å². The highest BCUT2D eigenvalue weighted by atomic mass is 16.3. The van der Waals surface area contributed by atoms with Crippen LogP contribution in [-0.2, 0) is 0 Å². The standard InChI is InChI=1S/C12H26N2O/c1-10(11-5-6-11)14(3)8-4-7-12(2,13)9-15/h10-11,15H,4-9,13H2,1-3H3. The van der Waals surface area contributed by atoms with Gasteiger partial charge >= 0.3 is 0 Å². The summed E-state index contributed by atoms with van der Waals surface area (Å²) >= 11 is 0. The minimum absolute atomic E-state index is 0.0783. The molecule has 0 spiro atoms. The second-order valence-electron chi connectivity index (χ2n) is 5.47. The van der Waals surface area contributed by atoms with Gasteiger partial charge in [-0.3, -0.25) is 0 Å². The first-order chi connectivity index (χ1) is 6.96. The van der Waals surface area contributed by atoms with Gasteiger partial charge in [-0.05, 0) is 59.0 Å². The fourth-order valence-corrected chi connectivity index (χ4v) is 1.95. The number of aliphatic hydroxyl groups is 1. The molecular weight excluding hydrogens is 188 g/mol. The number of nitrogens with zero attached hydrogens (tertiary/aromatic N) is 1. The molecule has 90 valence electrons. The Morgan fingerprint density at radius 3 is 2.60 bits per heavy atom. The molecule has 3 N–H and O–H groups in total. The van der Waals surface area contributed by atoms with Gasteiger partial charge in [0, 0.05) is 11.6 Å². The Morgan fingerprint density at radius 1 is 1.53 bits per heavy atom. The van der Waals surface area contributed by atoms with E-state index in [0.29, 0.717) is 6.04 Å². The van der Waals surface area contributed by atoms with Crippen molar-refractivity contribution < 1.29 is 5.11 Å². The Hall–Kier alpha value is -0.120. The summed E-state index contributed by atoms with van der Waals surface area (Å²) < 4.78 is 0. The van der Waals surface area contributed by atoms with E-state index in [2.05, 4.69) is 18.9 Å². The second-order valence-corrected chi connectivity index (χ2v) is 5.47. The van der Waals surface area contributed by atoms with E-state index < -0.39 is 5.54 Å². The lowest BCUT2D eigenvalue weighted by molar-refractivity contribution is 0.181. The monoisotopic (exact) mass is 214 g/mol. The lowest BCUT2D eigenvalue weighted by Crippen LogP contribution is -2.41. The van der Waals surface area contributed by atoms with Crippen LogP contribution in [0.25, 0.3) is 0 Å². The largest absolute Gasteiger partial charge is 0.394 e. The van der Waals surface area contributed by atoms with Gasteiger partial charge in [0.25, 0.3) is 0 Å². The highest BCUT2D eigenvalue weighted by Crippen LogP contribution is 2.34. The van der Waals surface area contributed by atoms with Crippen LogP contribution in [0.1, 0.15) is 39.5 Å². The van der Waals surface area contributed by atoms with E-state index in [9.17, 15) is 0 Å². The lowest BCUT2D eigenvalue weighted by Gasteiger charge is -2.27. The first kappa shape index (κ1) is 12.9. The maximum Gasteiger partial charge on any atom is 0.0608 e. The van der Waals surface area contributed by atoms with E-state index in [1.807, 2.05) is 6.92 Å². The number of hydrogen-bond donors (Lipinski definition) is 2. The fourth-order valence-electron chi connectivity index (χ4n) is 1.95. The van der Waals surface area contributed by atoms with E-state index in [4.69, 9.17) is 10.8 Å². The molecular formula is C12H26N2O. The van der Waals surface area contributed by atoms with Gasteiger partial charge in [-0.15, -0.1) is 0 Å². The van der Waals surface area contributed by atoms with E-state index in [-0.39, 0.29) is 6.61 Å². The van der Waals surface area contributed by atoms with Crippen molar-refractivity contribution in [2.45, 2.75) is 51.1 Å². The normalized spacial score (nSPS) is 22.8. The SMILES string of the molecule is CC(C1CC1)N(C)CCCC(C)(N)CO. The molecule has 0 aromatic rings. The minimum atomic E-state index is -0.399. The molecule has 1 fully saturated rings. The topological polar surface area (TPSA) is 49.5 Å². The molecule has 0 amide bonds. The van der Waals surface area contributed by atoms with Crippen molar-refractivity contribution in [1.29, 1.82) is 0 Å². The summed E-state index contributed by atoms with van der Waals surface area (Å²) in [4.78, 5) is 2.42. The van der Waals surface area contributed by atoms with Gasteiger partial charge in [-0.25, -0.2) is 0 Å². The molecule has 2 atom stereocenters. The quantitative estimate of drug-likeness (QED) is 0.669.